The van der Waals surface area contributed by atoms with E-state index in [4.69, 9.17) is 5.73 Å². The van der Waals surface area contributed by atoms with Gasteiger partial charge in [-0.25, -0.2) is 0 Å². The normalized spacial score (nSPS) is 16.9. The smallest absolute Gasteiger partial charge is 0.319 e. The number of halogens is 6. The van der Waals surface area contributed by atoms with Crippen molar-refractivity contribution in [3.8, 4) is 0 Å². The SMILES string of the molecule is N[C@H]1CSc2ccc(C(=O)CCCCC(F)(F)F)cc2N(Cc2ccc(C(F)(F)F)nc2)C1=O. The van der Waals surface area contributed by atoms with Gasteiger partial charge in [0.1, 0.15) is 5.69 Å². The molecule has 2 N–H and O–H groups in total. The number of hydrogen-bond acceptors (Lipinski definition) is 5. The van der Waals surface area contributed by atoms with Crippen molar-refractivity contribution in [2.45, 2.75) is 55.5 Å². The summed E-state index contributed by atoms with van der Waals surface area (Å²) in [7, 11) is 0. The molecule has 1 aromatic heterocycles. The zero-order valence-corrected chi connectivity index (χ0v) is 18.6. The highest BCUT2D eigenvalue weighted by molar-refractivity contribution is 7.99. The number of unbranched alkanes of at least 4 members (excludes halogenated alkanes) is 1. The van der Waals surface area contributed by atoms with E-state index < -0.39 is 36.4 Å². The molecule has 12 heteroatoms. The first-order chi connectivity index (χ1) is 15.8. The Morgan fingerprint density at radius 1 is 1.12 bits per heavy atom. The molecule has 0 fully saturated rings. The third-order valence-electron chi connectivity index (χ3n) is 5.14. The van der Waals surface area contributed by atoms with E-state index >= 15 is 0 Å². The number of carbonyl (C=O) groups excluding carboxylic acids is 2. The van der Waals surface area contributed by atoms with Crippen LogP contribution >= 0.6 is 11.8 Å². The van der Waals surface area contributed by atoms with Crippen LogP contribution in [0.25, 0.3) is 0 Å². The predicted octanol–water partition coefficient (Wildman–Crippen LogP) is 5.37. The molecule has 2 aromatic rings. The van der Waals surface area contributed by atoms with Gasteiger partial charge in [0, 0.05) is 35.3 Å². The van der Waals surface area contributed by atoms with Gasteiger partial charge in [0.05, 0.1) is 18.3 Å². The number of aromatic nitrogens is 1. The van der Waals surface area contributed by atoms with Gasteiger partial charge in [0.2, 0.25) is 5.91 Å². The molecule has 1 atom stereocenters. The maximum absolute atomic E-state index is 12.9. The van der Waals surface area contributed by atoms with E-state index in [0.717, 1.165) is 12.3 Å². The summed E-state index contributed by atoms with van der Waals surface area (Å²) in [5.74, 6) is -0.578. The standard InChI is InChI=1S/C22H21F6N3O2S/c23-21(24,25)8-2-1-3-17(32)14-5-6-18-16(9-14)31(20(33)15(29)12-34-18)11-13-4-7-19(30-10-13)22(26,27)28/h4-7,9-10,15H,1-3,8,11-12,29H2/t15-/m0/s1. The molecule has 184 valence electrons. The molecule has 1 aromatic carbocycles. The van der Waals surface area contributed by atoms with Crippen molar-refractivity contribution in [2.75, 3.05) is 10.7 Å². The number of thioether (sulfide) groups is 1. The minimum atomic E-state index is -4.60. The van der Waals surface area contributed by atoms with E-state index in [0.29, 0.717) is 16.1 Å². The minimum Gasteiger partial charge on any atom is -0.319 e. The Bertz CT molecular complexity index is 1040. The molecule has 0 radical (unpaired) electrons. The Balaban J connectivity index is 1.82. The monoisotopic (exact) mass is 505 g/mol. The van der Waals surface area contributed by atoms with Gasteiger partial charge in [-0.2, -0.15) is 26.3 Å². The van der Waals surface area contributed by atoms with Crippen LogP contribution in [0, 0.1) is 0 Å². The third kappa shape index (κ3) is 6.72. The fourth-order valence-electron chi connectivity index (χ4n) is 3.38. The highest BCUT2D eigenvalue weighted by Crippen LogP contribution is 2.36. The van der Waals surface area contributed by atoms with E-state index in [1.54, 1.807) is 6.07 Å². The number of fused-ring (bicyclic) bond motifs is 1. The number of rotatable bonds is 7. The van der Waals surface area contributed by atoms with Gasteiger partial charge in [-0.15, -0.1) is 11.8 Å². The second-order valence-electron chi connectivity index (χ2n) is 7.82. The van der Waals surface area contributed by atoms with Crippen molar-refractivity contribution in [1.29, 1.82) is 0 Å². The summed E-state index contributed by atoms with van der Waals surface area (Å²) in [6.45, 7) is -0.117. The van der Waals surface area contributed by atoms with Gasteiger partial charge in [-0.05, 0) is 36.6 Å². The Hall–Kier alpha value is -2.60. The van der Waals surface area contributed by atoms with Crippen molar-refractivity contribution in [1.82, 2.24) is 4.98 Å². The van der Waals surface area contributed by atoms with E-state index in [1.807, 2.05) is 0 Å². The fourth-order valence-corrected chi connectivity index (χ4v) is 4.36. The molecule has 0 bridgehead atoms. The molecule has 0 saturated carbocycles. The Kier molecular flexibility index (Phi) is 7.91. The molecular formula is C22H21F6N3O2S. The van der Waals surface area contributed by atoms with Crippen molar-refractivity contribution in [3.05, 3.63) is 53.3 Å². The highest BCUT2D eigenvalue weighted by Gasteiger charge is 2.33. The van der Waals surface area contributed by atoms with Crippen LogP contribution in [0.4, 0.5) is 32.0 Å². The number of alkyl halides is 6. The number of amides is 1. The van der Waals surface area contributed by atoms with E-state index in [9.17, 15) is 35.9 Å². The first kappa shape index (κ1) is 26.0. The second-order valence-corrected chi connectivity index (χ2v) is 8.88. The summed E-state index contributed by atoms with van der Waals surface area (Å²) >= 11 is 1.30. The van der Waals surface area contributed by atoms with Crippen LogP contribution in [0.15, 0.2) is 41.4 Å². The summed E-state index contributed by atoms with van der Waals surface area (Å²) in [6.07, 6.45) is -9.02. The van der Waals surface area contributed by atoms with Crippen LogP contribution in [0.1, 0.15) is 47.3 Å². The zero-order chi connectivity index (χ0) is 25.1. The number of carbonyl (C=O) groups is 2. The lowest BCUT2D eigenvalue weighted by Crippen LogP contribution is -2.44. The first-order valence-corrected chi connectivity index (χ1v) is 11.3. The van der Waals surface area contributed by atoms with Crippen LogP contribution < -0.4 is 10.6 Å². The van der Waals surface area contributed by atoms with Gasteiger partial charge >= 0.3 is 12.4 Å². The number of benzene rings is 1. The van der Waals surface area contributed by atoms with Gasteiger partial charge in [0.25, 0.3) is 0 Å². The maximum atomic E-state index is 12.9. The second kappa shape index (κ2) is 10.3. The molecule has 3 rings (SSSR count). The van der Waals surface area contributed by atoms with Crippen LogP contribution in [0.5, 0.6) is 0 Å². The lowest BCUT2D eigenvalue weighted by atomic mass is 10.0. The number of nitrogens with two attached hydrogens (primary N) is 1. The van der Waals surface area contributed by atoms with E-state index in [-0.39, 0.29) is 42.9 Å². The molecule has 0 unspecified atom stereocenters. The number of nitrogens with zero attached hydrogens (tertiary/aromatic N) is 2. The highest BCUT2D eigenvalue weighted by atomic mass is 32.2. The van der Waals surface area contributed by atoms with Crippen molar-refractivity contribution in [3.63, 3.8) is 0 Å². The summed E-state index contributed by atoms with van der Waals surface area (Å²) in [4.78, 5) is 30.8. The number of hydrogen-bond donors (Lipinski definition) is 1. The molecule has 0 saturated heterocycles. The number of pyridine rings is 1. The van der Waals surface area contributed by atoms with Gasteiger partial charge in [0.15, 0.2) is 5.78 Å². The third-order valence-corrected chi connectivity index (χ3v) is 6.33. The topological polar surface area (TPSA) is 76.3 Å². The molecule has 0 aliphatic carbocycles. The molecule has 1 aliphatic heterocycles. The number of anilines is 1. The molecule has 0 spiro atoms. The predicted molar refractivity (Wildman–Crippen MR) is 114 cm³/mol. The van der Waals surface area contributed by atoms with Crippen molar-refractivity contribution >= 4 is 29.1 Å². The first-order valence-electron chi connectivity index (χ1n) is 10.3. The van der Waals surface area contributed by atoms with Gasteiger partial charge < -0.3 is 10.6 Å². The minimum absolute atomic E-state index is 0.0644. The summed E-state index contributed by atoms with van der Waals surface area (Å²) in [6, 6.07) is 5.79. The van der Waals surface area contributed by atoms with E-state index in [2.05, 4.69) is 4.98 Å². The average molecular weight is 505 g/mol. The lowest BCUT2D eigenvalue weighted by Gasteiger charge is -2.25. The van der Waals surface area contributed by atoms with Gasteiger partial charge in [-0.3, -0.25) is 14.6 Å². The summed E-state index contributed by atoms with van der Waals surface area (Å²) in [5.41, 5.74) is 5.82. The molecule has 2 heterocycles. The van der Waals surface area contributed by atoms with Gasteiger partial charge in [-0.1, -0.05) is 12.1 Å². The largest absolute Gasteiger partial charge is 0.433 e. The molecule has 1 amide bonds. The zero-order valence-electron chi connectivity index (χ0n) is 17.7. The van der Waals surface area contributed by atoms with Crippen molar-refractivity contribution in [2.24, 2.45) is 5.73 Å². The summed E-state index contributed by atoms with van der Waals surface area (Å²) in [5, 5.41) is 0. The Labute approximate surface area is 195 Å². The number of ketones is 1. The molecule has 5 nitrogen and oxygen atoms in total. The van der Waals surface area contributed by atoms with Crippen LogP contribution in [0.2, 0.25) is 0 Å². The quantitative estimate of drug-likeness (QED) is 0.311. The van der Waals surface area contributed by atoms with E-state index in [1.165, 1.54) is 34.9 Å². The molecule has 1 aliphatic rings. The maximum Gasteiger partial charge on any atom is 0.433 e. The fraction of sp³-hybridized carbons (Fsp3) is 0.409. The molecular weight excluding hydrogens is 484 g/mol. The number of Topliss-reactive ketones (excluding diaryl/α,β-unsaturated/α-hetero) is 1. The average Bonchev–Trinajstić information content (AvgIpc) is 2.87. The summed E-state index contributed by atoms with van der Waals surface area (Å²) < 4.78 is 75.3. The Morgan fingerprint density at radius 3 is 2.47 bits per heavy atom. The van der Waals surface area contributed by atoms with Crippen LogP contribution in [-0.4, -0.2) is 34.6 Å². The Morgan fingerprint density at radius 2 is 1.85 bits per heavy atom. The van der Waals surface area contributed by atoms with Crippen molar-refractivity contribution < 1.29 is 35.9 Å². The van der Waals surface area contributed by atoms with Crippen LogP contribution in [0.3, 0.4) is 0 Å². The lowest BCUT2D eigenvalue weighted by molar-refractivity contribution is -0.141. The van der Waals surface area contributed by atoms with Crippen LogP contribution in [-0.2, 0) is 17.5 Å². The molecule has 34 heavy (non-hydrogen) atoms.